The summed E-state index contributed by atoms with van der Waals surface area (Å²) >= 11 is 6.77. The lowest BCUT2D eigenvalue weighted by molar-refractivity contribution is 0.0828. The number of likely N-dealkylation sites (N-methyl/N-ethyl adjacent to an activating group) is 1. The normalized spacial score (nSPS) is 12.1. The van der Waals surface area contributed by atoms with Crippen molar-refractivity contribution in [1.82, 2.24) is 4.90 Å². The second-order valence-corrected chi connectivity index (χ2v) is 5.57. The van der Waals surface area contributed by atoms with E-state index in [1.54, 1.807) is 0 Å². The van der Waals surface area contributed by atoms with Crippen molar-refractivity contribution in [2.45, 2.75) is 6.10 Å². The topological polar surface area (TPSA) is 32.7 Å². The maximum absolute atomic E-state index is 9.64. The Kier molecular flexibility index (Phi) is 8.41. The SMILES string of the molecule is CN(C)CC(O)COc1ccc(Br)cc1Br.Cl. The molecule has 0 saturated heterocycles. The van der Waals surface area contributed by atoms with Crippen LogP contribution in [0.3, 0.4) is 0 Å². The van der Waals surface area contributed by atoms with Crippen LogP contribution in [0.1, 0.15) is 0 Å². The van der Waals surface area contributed by atoms with Gasteiger partial charge in [0, 0.05) is 11.0 Å². The van der Waals surface area contributed by atoms with Crippen molar-refractivity contribution in [1.29, 1.82) is 0 Å². The number of hydrogen-bond donors (Lipinski definition) is 1. The molecular weight excluding hydrogens is 373 g/mol. The number of benzene rings is 1. The molecular formula is C11H16Br2ClNO2. The molecule has 3 nitrogen and oxygen atoms in total. The average molecular weight is 390 g/mol. The molecule has 0 aliphatic rings. The lowest BCUT2D eigenvalue weighted by atomic mass is 10.3. The molecule has 0 aromatic heterocycles. The quantitative estimate of drug-likeness (QED) is 0.841. The largest absolute Gasteiger partial charge is 0.490 e. The van der Waals surface area contributed by atoms with E-state index >= 15 is 0 Å². The van der Waals surface area contributed by atoms with Gasteiger partial charge in [0.2, 0.25) is 0 Å². The Labute approximate surface area is 125 Å². The van der Waals surface area contributed by atoms with Gasteiger partial charge in [0.15, 0.2) is 0 Å². The van der Waals surface area contributed by atoms with E-state index in [4.69, 9.17) is 4.74 Å². The lowest BCUT2D eigenvalue weighted by Crippen LogP contribution is -2.30. The van der Waals surface area contributed by atoms with Gasteiger partial charge in [-0.1, -0.05) is 15.9 Å². The van der Waals surface area contributed by atoms with Crippen LogP contribution in [0.4, 0.5) is 0 Å². The zero-order valence-corrected chi connectivity index (χ0v) is 13.7. The minimum Gasteiger partial charge on any atom is -0.490 e. The monoisotopic (exact) mass is 387 g/mol. The van der Waals surface area contributed by atoms with Crippen molar-refractivity contribution in [2.24, 2.45) is 0 Å². The van der Waals surface area contributed by atoms with Crippen LogP contribution in [-0.4, -0.2) is 43.4 Å². The Morgan fingerprint density at radius 3 is 2.53 bits per heavy atom. The second-order valence-electron chi connectivity index (χ2n) is 3.80. The van der Waals surface area contributed by atoms with E-state index in [9.17, 15) is 5.11 Å². The van der Waals surface area contributed by atoms with Gasteiger partial charge in [-0.2, -0.15) is 0 Å². The van der Waals surface area contributed by atoms with Crippen molar-refractivity contribution in [3.8, 4) is 5.75 Å². The molecule has 0 heterocycles. The van der Waals surface area contributed by atoms with Crippen LogP contribution < -0.4 is 4.74 Å². The van der Waals surface area contributed by atoms with Crippen LogP contribution in [0, 0.1) is 0 Å². The molecule has 0 bridgehead atoms. The Balaban J connectivity index is 0.00000256. The third kappa shape index (κ3) is 6.62. The van der Waals surface area contributed by atoms with Crippen LogP contribution in [-0.2, 0) is 0 Å². The Bertz CT molecular complexity index is 350. The van der Waals surface area contributed by atoms with Crippen LogP contribution in [0.5, 0.6) is 5.75 Å². The van der Waals surface area contributed by atoms with Crippen LogP contribution in [0.25, 0.3) is 0 Å². The van der Waals surface area contributed by atoms with Gasteiger partial charge in [-0.15, -0.1) is 12.4 Å². The van der Waals surface area contributed by atoms with E-state index in [1.165, 1.54) is 0 Å². The van der Waals surface area contributed by atoms with E-state index in [1.807, 2.05) is 37.2 Å². The van der Waals surface area contributed by atoms with Crippen molar-refractivity contribution in [3.63, 3.8) is 0 Å². The van der Waals surface area contributed by atoms with Crippen LogP contribution in [0.2, 0.25) is 0 Å². The smallest absolute Gasteiger partial charge is 0.133 e. The van der Waals surface area contributed by atoms with Gasteiger partial charge in [-0.05, 0) is 48.2 Å². The summed E-state index contributed by atoms with van der Waals surface area (Å²) in [6.07, 6.45) is -0.481. The number of aliphatic hydroxyl groups is 1. The Morgan fingerprint density at radius 2 is 2.00 bits per heavy atom. The van der Waals surface area contributed by atoms with Gasteiger partial charge in [0.1, 0.15) is 18.5 Å². The molecule has 6 heteroatoms. The highest BCUT2D eigenvalue weighted by molar-refractivity contribution is 9.11. The minimum absolute atomic E-state index is 0. The number of aliphatic hydroxyl groups excluding tert-OH is 1. The summed E-state index contributed by atoms with van der Waals surface area (Å²) in [7, 11) is 3.83. The van der Waals surface area contributed by atoms with Gasteiger partial charge in [-0.3, -0.25) is 0 Å². The van der Waals surface area contributed by atoms with Crippen molar-refractivity contribution in [3.05, 3.63) is 27.1 Å². The third-order valence-electron chi connectivity index (χ3n) is 1.90. The summed E-state index contributed by atoms with van der Waals surface area (Å²) in [6, 6.07) is 5.67. The maximum Gasteiger partial charge on any atom is 0.133 e. The van der Waals surface area contributed by atoms with Gasteiger partial charge < -0.3 is 14.7 Å². The molecule has 1 atom stereocenters. The fourth-order valence-electron chi connectivity index (χ4n) is 1.25. The van der Waals surface area contributed by atoms with Crippen molar-refractivity contribution in [2.75, 3.05) is 27.2 Å². The molecule has 0 spiro atoms. The first-order valence-electron chi connectivity index (χ1n) is 4.89. The van der Waals surface area contributed by atoms with Crippen molar-refractivity contribution < 1.29 is 9.84 Å². The van der Waals surface area contributed by atoms with E-state index in [0.29, 0.717) is 13.2 Å². The molecule has 98 valence electrons. The van der Waals surface area contributed by atoms with E-state index in [-0.39, 0.29) is 12.4 Å². The van der Waals surface area contributed by atoms with Crippen molar-refractivity contribution >= 4 is 44.3 Å². The van der Waals surface area contributed by atoms with E-state index in [0.717, 1.165) is 14.7 Å². The molecule has 17 heavy (non-hydrogen) atoms. The first-order valence-corrected chi connectivity index (χ1v) is 6.48. The summed E-state index contributed by atoms with van der Waals surface area (Å²) in [5.41, 5.74) is 0. The molecule has 0 radical (unpaired) electrons. The highest BCUT2D eigenvalue weighted by Gasteiger charge is 2.08. The molecule has 0 fully saturated rings. The van der Waals surface area contributed by atoms with Gasteiger partial charge in [0.25, 0.3) is 0 Å². The fourth-order valence-corrected chi connectivity index (χ4v) is 2.41. The summed E-state index contributed by atoms with van der Waals surface area (Å²) in [5, 5.41) is 9.64. The molecule has 1 rings (SSSR count). The van der Waals surface area contributed by atoms with Crippen LogP contribution >= 0.6 is 44.3 Å². The highest BCUT2D eigenvalue weighted by Crippen LogP contribution is 2.28. The lowest BCUT2D eigenvalue weighted by Gasteiger charge is -2.17. The summed E-state index contributed by atoms with van der Waals surface area (Å²) in [4.78, 5) is 1.92. The second kappa shape index (κ2) is 8.32. The first-order chi connectivity index (χ1) is 7.49. The molecule has 1 N–H and O–H groups in total. The zero-order valence-electron chi connectivity index (χ0n) is 9.69. The Morgan fingerprint density at radius 1 is 1.35 bits per heavy atom. The minimum atomic E-state index is -0.481. The van der Waals surface area contributed by atoms with Gasteiger partial charge >= 0.3 is 0 Å². The molecule has 0 amide bonds. The number of hydrogen-bond acceptors (Lipinski definition) is 3. The number of nitrogens with zero attached hydrogens (tertiary/aromatic N) is 1. The number of ether oxygens (including phenoxy) is 1. The molecule has 1 aromatic rings. The van der Waals surface area contributed by atoms with Gasteiger partial charge in [-0.25, -0.2) is 0 Å². The third-order valence-corrected chi connectivity index (χ3v) is 3.01. The fraction of sp³-hybridized carbons (Fsp3) is 0.455. The molecule has 1 unspecified atom stereocenters. The summed E-state index contributed by atoms with van der Waals surface area (Å²) in [6.45, 7) is 0.882. The predicted molar refractivity (Wildman–Crippen MR) is 79.1 cm³/mol. The Hall–Kier alpha value is 0.190. The standard InChI is InChI=1S/C11H15Br2NO2.ClH/c1-14(2)6-9(15)7-16-11-4-3-8(12)5-10(11)13;/h3-5,9,15H,6-7H2,1-2H3;1H. The molecule has 0 aliphatic carbocycles. The summed E-state index contributed by atoms with van der Waals surface area (Å²) in [5.74, 6) is 0.737. The molecule has 0 aliphatic heterocycles. The first kappa shape index (κ1) is 17.2. The highest BCUT2D eigenvalue weighted by atomic mass is 79.9. The average Bonchev–Trinajstić information content (AvgIpc) is 2.15. The number of rotatable bonds is 5. The zero-order chi connectivity index (χ0) is 12.1. The van der Waals surface area contributed by atoms with E-state index < -0.39 is 6.10 Å². The van der Waals surface area contributed by atoms with E-state index in [2.05, 4.69) is 31.9 Å². The number of halogens is 3. The molecule has 0 saturated carbocycles. The maximum atomic E-state index is 9.64. The molecule has 1 aromatic carbocycles. The predicted octanol–water partition coefficient (Wildman–Crippen LogP) is 2.93. The summed E-state index contributed by atoms with van der Waals surface area (Å²) < 4.78 is 7.37. The van der Waals surface area contributed by atoms with Gasteiger partial charge in [0.05, 0.1) is 4.47 Å². The van der Waals surface area contributed by atoms with Crippen LogP contribution in [0.15, 0.2) is 27.1 Å².